The smallest absolute Gasteiger partial charge is 0.147 e. The van der Waals surface area contributed by atoms with E-state index in [-0.39, 0.29) is 11.3 Å². The summed E-state index contributed by atoms with van der Waals surface area (Å²) in [5.41, 5.74) is 0.384. The Balaban J connectivity index is 2.35. The highest BCUT2D eigenvalue weighted by atomic mass is 35.5. The summed E-state index contributed by atoms with van der Waals surface area (Å²) >= 11 is 5.77. The first-order chi connectivity index (χ1) is 8.72. The molecule has 0 atom stereocenters. The van der Waals surface area contributed by atoms with E-state index in [1.807, 2.05) is 6.07 Å². The Bertz CT molecular complexity index is 637. The maximum Gasteiger partial charge on any atom is 0.147 e. The molecule has 0 bridgehead atoms. The molecule has 88 valence electrons. The number of halogens is 1. The van der Waals surface area contributed by atoms with Crippen molar-refractivity contribution in [3.63, 3.8) is 0 Å². The molecule has 0 radical (unpaired) electrons. The molecular weight excluding hydrogens is 254 g/mol. The molecule has 1 heterocycles. The number of pyridine rings is 1. The van der Waals surface area contributed by atoms with Gasteiger partial charge in [0, 0.05) is 12.3 Å². The second-order valence-electron chi connectivity index (χ2n) is 3.32. The normalized spacial score (nSPS) is 9.56. The number of nitroso groups, excluding NO2 is 1. The summed E-state index contributed by atoms with van der Waals surface area (Å²) in [5.74, 6) is 0.722. The highest BCUT2D eigenvalue weighted by Gasteiger charge is 2.07. The predicted octanol–water partition coefficient (Wildman–Crippen LogP) is 3.80. The van der Waals surface area contributed by atoms with Crippen LogP contribution in [0.3, 0.4) is 0 Å². The summed E-state index contributed by atoms with van der Waals surface area (Å²) in [5, 5.41) is 12.1. The second-order valence-corrected chi connectivity index (χ2v) is 3.76. The Morgan fingerprint density at radius 2 is 2.17 bits per heavy atom. The van der Waals surface area contributed by atoms with Gasteiger partial charge < -0.3 is 4.74 Å². The van der Waals surface area contributed by atoms with Crippen LogP contribution in [0.2, 0.25) is 5.02 Å². The molecule has 6 heteroatoms. The number of nitriles is 1. The molecule has 0 N–H and O–H groups in total. The van der Waals surface area contributed by atoms with Gasteiger partial charge in [-0.25, -0.2) is 0 Å². The predicted molar refractivity (Wildman–Crippen MR) is 65.9 cm³/mol. The van der Waals surface area contributed by atoms with Crippen molar-refractivity contribution in [1.82, 2.24) is 4.98 Å². The third-order valence-corrected chi connectivity index (χ3v) is 2.30. The van der Waals surface area contributed by atoms with Crippen molar-refractivity contribution in [2.24, 2.45) is 5.18 Å². The average molecular weight is 260 g/mol. The summed E-state index contributed by atoms with van der Waals surface area (Å²) in [6.45, 7) is 0. The largest absolute Gasteiger partial charge is 0.454 e. The van der Waals surface area contributed by atoms with Gasteiger partial charge in [-0.3, -0.25) is 4.98 Å². The summed E-state index contributed by atoms with van der Waals surface area (Å²) in [6.07, 6.45) is 2.94. The molecule has 0 unspecified atom stereocenters. The minimum Gasteiger partial charge on any atom is -0.454 e. The molecule has 2 aromatic rings. The minimum absolute atomic E-state index is 0.170. The highest BCUT2D eigenvalue weighted by molar-refractivity contribution is 6.30. The first-order valence-electron chi connectivity index (χ1n) is 4.89. The van der Waals surface area contributed by atoms with Crippen molar-refractivity contribution >= 4 is 17.3 Å². The molecule has 0 fully saturated rings. The second kappa shape index (κ2) is 5.25. The van der Waals surface area contributed by atoms with Crippen LogP contribution in [-0.4, -0.2) is 4.98 Å². The van der Waals surface area contributed by atoms with Gasteiger partial charge in [0.2, 0.25) is 0 Å². The Morgan fingerprint density at radius 1 is 1.33 bits per heavy atom. The van der Waals surface area contributed by atoms with Crippen molar-refractivity contribution in [2.75, 3.05) is 0 Å². The summed E-state index contributed by atoms with van der Waals surface area (Å²) in [6, 6.07) is 7.80. The third-order valence-electron chi connectivity index (χ3n) is 2.10. The third kappa shape index (κ3) is 2.62. The minimum atomic E-state index is 0.170. The quantitative estimate of drug-likeness (QED) is 0.786. The van der Waals surface area contributed by atoms with Gasteiger partial charge in [-0.15, -0.1) is 4.91 Å². The topological polar surface area (TPSA) is 75.3 Å². The molecule has 0 amide bonds. The molecule has 0 aliphatic carbocycles. The van der Waals surface area contributed by atoms with Crippen LogP contribution in [0.25, 0.3) is 0 Å². The van der Waals surface area contributed by atoms with Gasteiger partial charge >= 0.3 is 0 Å². The van der Waals surface area contributed by atoms with E-state index in [1.54, 1.807) is 6.07 Å². The lowest BCUT2D eigenvalue weighted by Crippen LogP contribution is -1.88. The van der Waals surface area contributed by atoms with Crippen molar-refractivity contribution in [3.8, 4) is 17.6 Å². The Morgan fingerprint density at radius 3 is 2.83 bits per heavy atom. The number of aromatic nitrogens is 1. The van der Waals surface area contributed by atoms with Crippen LogP contribution in [0.1, 0.15) is 5.56 Å². The summed E-state index contributed by atoms with van der Waals surface area (Å²) in [7, 11) is 0. The van der Waals surface area contributed by atoms with E-state index in [0.29, 0.717) is 16.5 Å². The first-order valence-corrected chi connectivity index (χ1v) is 5.26. The zero-order valence-corrected chi connectivity index (χ0v) is 9.76. The van der Waals surface area contributed by atoms with Gasteiger partial charge in [-0.05, 0) is 23.4 Å². The fourth-order valence-corrected chi connectivity index (χ4v) is 1.49. The fraction of sp³-hybridized carbons (Fsp3) is 0. The molecule has 18 heavy (non-hydrogen) atoms. The molecule has 0 aliphatic rings. The van der Waals surface area contributed by atoms with E-state index in [4.69, 9.17) is 21.6 Å². The summed E-state index contributed by atoms with van der Waals surface area (Å²) in [4.78, 5) is 14.2. The van der Waals surface area contributed by atoms with E-state index in [2.05, 4.69) is 10.2 Å². The molecule has 0 saturated carbocycles. The van der Waals surface area contributed by atoms with E-state index in [9.17, 15) is 4.91 Å². The van der Waals surface area contributed by atoms with E-state index < -0.39 is 0 Å². The zero-order chi connectivity index (χ0) is 13.0. The number of benzene rings is 1. The molecule has 2 rings (SSSR count). The molecule has 1 aromatic heterocycles. The maximum absolute atomic E-state index is 10.4. The van der Waals surface area contributed by atoms with Crippen LogP contribution in [0.4, 0.5) is 5.69 Å². The van der Waals surface area contributed by atoms with Gasteiger partial charge in [0.15, 0.2) is 0 Å². The van der Waals surface area contributed by atoms with Crippen LogP contribution in [-0.2, 0) is 0 Å². The Hall–Kier alpha value is -2.45. The average Bonchev–Trinajstić information content (AvgIpc) is 2.39. The number of rotatable bonds is 3. The van der Waals surface area contributed by atoms with Crippen LogP contribution >= 0.6 is 11.6 Å². The van der Waals surface area contributed by atoms with Crippen molar-refractivity contribution in [3.05, 3.63) is 52.2 Å². The molecular formula is C12H6ClN3O2. The highest BCUT2D eigenvalue weighted by Crippen LogP contribution is 2.28. The number of ether oxygens (including phenoxy) is 1. The van der Waals surface area contributed by atoms with Crippen molar-refractivity contribution in [2.45, 2.75) is 0 Å². The Labute approximate surface area is 108 Å². The van der Waals surface area contributed by atoms with E-state index >= 15 is 0 Å². The lowest BCUT2D eigenvalue weighted by molar-refractivity contribution is 0.479. The van der Waals surface area contributed by atoms with Crippen molar-refractivity contribution < 1.29 is 4.74 Å². The van der Waals surface area contributed by atoms with Gasteiger partial charge in [0.05, 0.1) is 16.8 Å². The van der Waals surface area contributed by atoms with Crippen LogP contribution < -0.4 is 4.74 Å². The van der Waals surface area contributed by atoms with Crippen LogP contribution in [0.5, 0.6) is 11.5 Å². The zero-order valence-electron chi connectivity index (χ0n) is 9.00. The fourth-order valence-electron chi connectivity index (χ4n) is 1.33. The standard InChI is InChI=1S/C12H6ClN3O2/c13-9-4-11(7-15-6-9)18-12-2-1-10(16-17)3-8(12)5-14/h1-4,6-7H. The summed E-state index contributed by atoms with van der Waals surface area (Å²) < 4.78 is 5.47. The Kier molecular flexibility index (Phi) is 3.51. The van der Waals surface area contributed by atoms with Crippen LogP contribution in [0.15, 0.2) is 41.8 Å². The molecule has 0 spiro atoms. The molecule has 5 nitrogen and oxygen atoms in total. The lowest BCUT2D eigenvalue weighted by Gasteiger charge is -2.07. The first kappa shape index (κ1) is 12.0. The van der Waals surface area contributed by atoms with Crippen LogP contribution in [0, 0.1) is 16.2 Å². The monoisotopic (exact) mass is 259 g/mol. The van der Waals surface area contributed by atoms with Gasteiger partial charge in [-0.1, -0.05) is 11.6 Å². The van der Waals surface area contributed by atoms with Crippen molar-refractivity contribution in [1.29, 1.82) is 5.26 Å². The number of hydrogen-bond donors (Lipinski definition) is 0. The lowest BCUT2D eigenvalue weighted by atomic mass is 10.2. The SMILES string of the molecule is N#Cc1cc(N=O)ccc1Oc1cncc(Cl)c1. The number of hydrogen-bond acceptors (Lipinski definition) is 5. The van der Waals surface area contributed by atoms with E-state index in [0.717, 1.165) is 0 Å². The van der Waals surface area contributed by atoms with Gasteiger partial charge in [0.25, 0.3) is 0 Å². The molecule has 1 aromatic carbocycles. The van der Waals surface area contributed by atoms with E-state index in [1.165, 1.54) is 30.6 Å². The van der Waals surface area contributed by atoms with Gasteiger partial charge in [-0.2, -0.15) is 5.26 Å². The maximum atomic E-state index is 10.4. The molecule has 0 aliphatic heterocycles. The molecule has 0 saturated heterocycles. The van der Waals surface area contributed by atoms with Gasteiger partial charge in [0.1, 0.15) is 23.3 Å². The number of nitrogens with zero attached hydrogens (tertiary/aromatic N) is 3.